The minimum absolute atomic E-state index is 0.231. The average molecular weight is 199 g/mol. The number of nitrogens with two attached hydrogens (primary N) is 1. The van der Waals surface area contributed by atoms with E-state index >= 15 is 0 Å². The van der Waals surface area contributed by atoms with E-state index in [1.54, 1.807) is 0 Å². The van der Waals surface area contributed by atoms with Crippen molar-refractivity contribution < 1.29 is 8.42 Å². The van der Waals surface area contributed by atoms with E-state index in [2.05, 4.69) is 15.4 Å². The van der Waals surface area contributed by atoms with Gasteiger partial charge in [0.15, 0.2) is 5.03 Å². The van der Waals surface area contributed by atoms with Crippen LogP contribution in [0.5, 0.6) is 0 Å². The van der Waals surface area contributed by atoms with Crippen LogP contribution in [0.2, 0.25) is 0 Å². The summed E-state index contributed by atoms with van der Waals surface area (Å²) >= 11 is 0. The molecule has 8 heteroatoms. The van der Waals surface area contributed by atoms with E-state index in [1.807, 2.05) is 0 Å². The number of nitrogens with zero attached hydrogens (tertiary/aromatic N) is 4. The molecule has 2 rings (SSSR count). The number of hydrogen-bond donors (Lipinski definition) is 1. The van der Waals surface area contributed by atoms with Gasteiger partial charge in [0.05, 0.1) is 6.20 Å². The van der Waals surface area contributed by atoms with Gasteiger partial charge in [0.25, 0.3) is 10.0 Å². The summed E-state index contributed by atoms with van der Waals surface area (Å²) in [6, 6.07) is 2.82. The molecule has 7 nitrogen and oxygen atoms in total. The Hall–Kier alpha value is -1.54. The summed E-state index contributed by atoms with van der Waals surface area (Å²) in [7, 11) is -3.77. The quantitative estimate of drug-likeness (QED) is 0.619. The van der Waals surface area contributed by atoms with Gasteiger partial charge in [0.1, 0.15) is 5.52 Å². The molecule has 0 spiro atoms. The van der Waals surface area contributed by atoms with Crippen molar-refractivity contribution in [2.24, 2.45) is 5.14 Å². The first-order chi connectivity index (χ1) is 6.07. The van der Waals surface area contributed by atoms with Crippen molar-refractivity contribution in [2.75, 3.05) is 0 Å². The molecule has 0 amide bonds. The van der Waals surface area contributed by atoms with Crippen LogP contribution >= 0.6 is 0 Å². The van der Waals surface area contributed by atoms with Crippen molar-refractivity contribution in [3.63, 3.8) is 0 Å². The lowest BCUT2D eigenvalue weighted by atomic mass is 10.5. The number of aromatic nitrogens is 4. The predicted octanol–water partition coefficient (Wildman–Crippen LogP) is -1.23. The number of primary sulfonamides is 1. The lowest BCUT2D eigenvalue weighted by Gasteiger charge is -1.95. The molecule has 0 aromatic carbocycles. The minimum Gasteiger partial charge on any atom is -0.223 e. The van der Waals surface area contributed by atoms with E-state index in [0.29, 0.717) is 5.52 Å². The summed E-state index contributed by atoms with van der Waals surface area (Å²) in [6.45, 7) is 0. The van der Waals surface area contributed by atoms with E-state index in [0.717, 1.165) is 4.63 Å². The molecular weight excluding hydrogens is 194 g/mol. The molecule has 2 heterocycles. The van der Waals surface area contributed by atoms with Crippen LogP contribution < -0.4 is 5.14 Å². The van der Waals surface area contributed by atoms with Gasteiger partial charge in [-0.1, -0.05) is 0 Å². The summed E-state index contributed by atoms with van der Waals surface area (Å²) in [4.78, 5) is 0. The van der Waals surface area contributed by atoms with Gasteiger partial charge < -0.3 is 0 Å². The van der Waals surface area contributed by atoms with Crippen LogP contribution in [-0.2, 0) is 10.0 Å². The van der Waals surface area contributed by atoms with E-state index in [1.165, 1.54) is 18.3 Å². The number of fused-ring (bicyclic) bond motifs is 1. The highest BCUT2D eigenvalue weighted by atomic mass is 32.2. The molecule has 68 valence electrons. The molecule has 0 unspecified atom stereocenters. The Bertz CT molecular complexity index is 545. The predicted molar refractivity (Wildman–Crippen MR) is 42.2 cm³/mol. The highest BCUT2D eigenvalue weighted by molar-refractivity contribution is 7.89. The smallest absolute Gasteiger partial charge is 0.223 e. The molecular formula is C5H5N5O2S. The van der Waals surface area contributed by atoms with Gasteiger partial charge >= 0.3 is 0 Å². The fourth-order valence-corrected chi connectivity index (χ4v) is 1.31. The van der Waals surface area contributed by atoms with Crippen molar-refractivity contribution in [3.05, 3.63) is 18.3 Å². The van der Waals surface area contributed by atoms with Crippen molar-refractivity contribution in [3.8, 4) is 0 Å². The molecule has 2 N–H and O–H groups in total. The fraction of sp³-hybridized carbons (Fsp3) is 0. The topological polar surface area (TPSA) is 103 Å². The molecule has 13 heavy (non-hydrogen) atoms. The highest BCUT2D eigenvalue weighted by Gasteiger charge is 2.10. The monoisotopic (exact) mass is 199 g/mol. The molecule has 0 aliphatic carbocycles. The summed E-state index contributed by atoms with van der Waals surface area (Å²) in [6.07, 6.45) is 1.46. The number of rotatable bonds is 1. The van der Waals surface area contributed by atoms with E-state index < -0.39 is 10.0 Å². The first-order valence-electron chi connectivity index (χ1n) is 3.28. The van der Waals surface area contributed by atoms with Gasteiger partial charge in [-0.2, -0.15) is 0 Å². The van der Waals surface area contributed by atoms with Gasteiger partial charge in [-0.05, 0) is 17.3 Å². The summed E-state index contributed by atoms with van der Waals surface area (Å²) in [5, 5.41) is 15.3. The lowest BCUT2D eigenvalue weighted by Crippen LogP contribution is -2.15. The third-order valence-corrected chi connectivity index (χ3v) is 2.24. The van der Waals surface area contributed by atoms with Gasteiger partial charge in [0, 0.05) is 0 Å². The van der Waals surface area contributed by atoms with Crippen molar-refractivity contribution in [2.45, 2.75) is 5.03 Å². The molecule has 0 atom stereocenters. The Balaban J connectivity index is 2.75. The van der Waals surface area contributed by atoms with Crippen molar-refractivity contribution in [1.29, 1.82) is 0 Å². The van der Waals surface area contributed by atoms with Crippen molar-refractivity contribution in [1.82, 2.24) is 20.0 Å². The standard InChI is InChI=1S/C5H5N5O2S/c6-13(11,12)5-2-1-4-3-7-9-10(4)8-5/h1-3H,(H2,6,11,12). The fourth-order valence-electron chi connectivity index (χ4n) is 0.860. The van der Waals surface area contributed by atoms with Crippen LogP contribution in [0.15, 0.2) is 23.4 Å². The molecule has 0 bridgehead atoms. The Kier molecular flexibility index (Phi) is 1.54. The molecule has 0 saturated heterocycles. The van der Waals surface area contributed by atoms with Crippen LogP contribution in [0, 0.1) is 0 Å². The molecule has 0 aliphatic heterocycles. The second-order valence-corrected chi connectivity index (χ2v) is 3.87. The number of hydrogen-bond acceptors (Lipinski definition) is 5. The molecule has 0 saturated carbocycles. The maximum absolute atomic E-state index is 10.9. The third kappa shape index (κ3) is 1.36. The summed E-state index contributed by atoms with van der Waals surface area (Å²) in [5.74, 6) is 0. The van der Waals surface area contributed by atoms with Crippen molar-refractivity contribution >= 4 is 15.5 Å². The molecule has 0 radical (unpaired) electrons. The van der Waals surface area contributed by atoms with Crippen LogP contribution in [0.1, 0.15) is 0 Å². The Morgan fingerprint density at radius 2 is 2.15 bits per heavy atom. The summed E-state index contributed by atoms with van der Waals surface area (Å²) < 4.78 is 22.8. The number of sulfonamides is 1. The lowest BCUT2D eigenvalue weighted by molar-refractivity contribution is 0.586. The zero-order valence-corrected chi connectivity index (χ0v) is 7.14. The molecule has 0 fully saturated rings. The average Bonchev–Trinajstić information content (AvgIpc) is 2.47. The van der Waals surface area contributed by atoms with E-state index in [9.17, 15) is 8.42 Å². The van der Waals surface area contributed by atoms with Crippen LogP contribution in [0.25, 0.3) is 5.52 Å². The molecule has 2 aromatic rings. The zero-order chi connectivity index (χ0) is 9.47. The maximum atomic E-state index is 10.9. The van der Waals surface area contributed by atoms with Gasteiger partial charge in [-0.25, -0.2) is 13.6 Å². The Morgan fingerprint density at radius 3 is 2.85 bits per heavy atom. The van der Waals surface area contributed by atoms with Crippen LogP contribution in [-0.4, -0.2) is 28.5 Å². The minimum atomic E-state index is -3.77. The normalized spacial score (nSPS) is 12.1. The molecule has 0 aliphatic rings. The zero-order valence-electron chi connectivity index (χ0n) is 6.32. The Morgan fingerprint density at radius 1 is 1.38 bits per heavy atom. The van der Waals surface area contributed by atoms with Crippen LogP contribution in [0.3, 0.4) is 0 Å². The van der Waals surface area contributed by atoms with Gasteiger partial charge in [-0.15, -0.1) is 14.8 Å². The highest BCUT2D eigenvalue weighted by Crippen LogP contribution is 2.03. The third-order valence-electron chi connectivity index (χ3n) is 1.44. The first-order valence-corrected chi connectivity index (χ1v) is 4.82. The molecule has 2 aromatic heterocycles. The SMILES string of the molecule is NS(=O)(=O)c1ccc2cnnn2n1. The maximum Gasteiger partial charge on any atom is 0.257 e. The van der Waals surface area contributed by atoms with Gasteiger partial charge in [-0.3, -0.25) is 0 Å². The Labute approximate surface area is 73.2 Å². The second kappa shape index (κ2) is 2.47. The summed E-state index contributed by atoms with van der Waals surface area (Å²) in [5.41, 5.74) is 0.604. The van der Waals surface area contributed by atoms with E-state index in [4.69, 9.17) is 5.14 Å². The largest absolute Gasteiger partial charge is 0.257 e. The second-order valence-electron chi connectivity index (χ2n) is 2.36. The van der Waals surface area contributed by atoms with Gasteiger partial charge in [0.2, 0.25) is 0 Å². The first kappa shape index (κ1) is 8.08. The van der Waals surface area contributed by atoms with E-state index in [-0.39, 0.29) is 5.03 Å². The van der Waals surface area contributed by atoms with Crippen LogP contribution in [0.4, 0.5) is 0 Å².